The highest BCUT2D eigenvalue weighted by Gasteiger charge is 2.58. The molecule has 224 valence electrons. The lowest BCUT2D eigenvalue weighted by Gasteiger charge is -2.36. The zero-order valence-corrected chi connectivity index (χ0v) is 24.1. The van der Waals surface area contributed by atoms with Crippen molar-refractivity contribution in [3.8, 4) is 0 Å². The molecule has 2 rings (SSSR count). The molecule has 1 unspecified atom stereocenters. The van der Waals surface area contributed by atoms with E-state index in [1.165, 1.54) is 20.0 Å². The van der Waals surface area contributed by atoms with Crippen molar-refractivity contribution in [1.29, 1.82) is 0 Å². The summed E-state index contributed by atoms with van der Waals surface area (Å²) in [6, 6.07) is -2.85. The van der Waals surface area contributed by atoms with Crippen molar-refractivity contribution in [2.24, 2.45) is 11.8 Å². The Bertz CT molecular complexity index is 988. The number of likely N-dealkylation sites (tertiary alicyclic amines) is 1. The summed E-state index contributed by atoms with van der Waals surface area (Å²) in [6.45, 7) is 14.4. The van der Waals surface area contributed by atoms with Crippen LogP contribution in [0.1, 0.15) is 77.4 Å². The zero-order chi connectivity index (χ0) is 29.9. The fourth-order valence-corrected chi connectivity index (χ4v) is 4.88. The van der Waals surface area contributed by atoms with Gasteiger partial charge in [-0.15, -0.1) is 0 Å². The molecule has 3 atom stereocenters. The van der Waals surface area contributed by atoms with Crippen molar-refractivity contribution in [3.63, 3.8) is 0 Å². The lowest BCUT2D eigenvalue weighted by molar-refractivity contribution is -0.363. The molecule has 10 nitrogen and oxygen atoms in total. The second-order valence-electron chi connectivity index (χ2n) is 11.9. The number of halogens is 3. The Morgan fingerprint density at radius 1 is 1.15 bits per heavy atom. The molecule has 0 aliphatic carbocycles. The van der Waals surface area contributed by atoms with E-state index in [0.717, 1.165) is 0 Å². The Labute approximate surface area is 228 Å². The van der Waals surface area contributed by atoms with Crippen LogP contribution in [0, 0.1) is 18.8 Å². The molecule has 1 aliphatic rings. The number of aromatic nitrogens is 2. The Hall–Kier alpha value is -2.22. The average Bonchev–Trinajstić information content (AvgIpc) is 3.41. The molecule has 0 radical (unpaired) electrons. The summed E-state index contributed by atoms with van der Waals surface area (Å²) in [5.41, 5.74) is 0.763. The van der Waals surface area contributed by atoms with Gasteiger partial charge >= 0.3 is 6.18 Å². The Morgan fingerprint density at radius 2 is 1.77 bits per heavy atom. The minimum atomic E-state index is -5.25. The van der Waals surface area contributed by atoms with E-state index in [2.05, 4.69) is 15.7 Å². The molecule has 0 bridgehead atoms. The van der Waals surface area contributed by atoms with Gasteiger partial charge in [-0.1, -0.05) is 27.7 Å². The van der Waals surface area contributed by atoms with E-state index in [-0.39, 0.29) is 36.7 Å². The number of aliphatic hydroxyl groups is 2. The van der Waals surface area contributed by atoms with Crippen molar-refractivity contribution in [1.82, 2.24) is 25.3 Å². The van der Waals surface area contributed by atoms with Crippen LogP contribution in [0.3, 0.4) is 0 Å². The van der Waals surface area contributed by atoms with Crippen molar-refractivity contribution in [2.45, 2.75) is 104 Å². The van der Waals surface area contributed by atoms with Crippen LogP contribution in [0.15, 0.2) is 6.20 Å². The molecular weight excluding hydrogens is 519 g/mol. The highest BCUT2D eigenvalue weighted by atomic mass is 19.4. The van der Waals surface area contributed by atoms with Crippen LogP contribution in [-0.4, -0.2) is 86.7 Å². The van der Waals surface area contributed by atoms with Crippen LogP contribution in [0.2, 0.25) is 0 Å². The van der Waals surface area contributed by atoms with Crippen molar-refractivity contribution >= 4 is 11.8 Å². The molecule has 4 N–H and O–H groups in total. The van der Waals surface area contributed by atoms with Gasteiger partial charge < -0.3 is 25.2 Å². The Balaban J connectivity index is 2.04. The molecule has 1 aromatic heterocycles. The van der Waals surface area contributed by atoms with Crippen LogP contribution in [0.5, 0.6) is 0 Å². The Morgan fingerprint density at radius 3 is 2.26 bits per heavy atom. The predicted octanol–water partition coefficient (Wildman–Crippen LogP) is 2.52. The van der Waals surface area contributed by atoms with E-state index in [0.29, 0.717) is 30.6 Å². The number of carbonyl (C=O) groups excluding carboxylic acids is 2. The molecule has 39 heavy (non-hydrogen) atoms. The fourth-order valence-electron chi connectivity index (χ4n) is 4.88. The molecule has 1 aliphatic heterocycles. The molecule has 2 heterocycles. The van der Waals surface area contributed by atoms with Crippen LogP contribution >= 0.6 is 0 Å². The SMILES string of the molecule is Cc1c(C(=O)N[C@H](C(=O)N2CCC[C@H]2COCNC(C(C)C)C(O)(O)C(F)(F)F)C(C)C)cnn1C(C)(C)C. The number of ether oxygens (including phenoxy) is 1. The highest BCUT2D eigenvalue weighted by Crippen LogP contribution is 2.33. The molecule has 1 fully saturated rings. The Kier molecular flexibility index (Phi) is 10.6. The standard InChI is InChI=1S/C26H44F3N5O5/c1-15(2)20(32-22(35)19-12-31-34(17(19)5)24(6,7)8)23(36)33-11-9-10-18(33)13-39-14-30-21(16(3)4)25(37,38)26(27,28)29/h12,15-16,18,20-21,30,37-38H,9-11,13-14H2,1-8H3,(H,32,35)/t18-,20-,21?/m0/s1. The first kappa shape index (κ1) is 33.0. The third-order valence-electron chi connectivity index (χ3n) is 7.00. The summed E-state index contributed by atoms with van der Waals surface area (Å²) in [6.07, 6.45) is -2.41. The summed E-state index contributed by atoms with van der Waals surface area (Å²) >= 11 is 0. The van der Waals surface area contributed by atoms with Crippen LogP contribution < -0.4 is 10.6 Å². The third-order valence-corrected chi connectivity index (χ3v) is 7.00. The molecule has 0 saturated carbocycles. The zero-order valence-electron chi connectivity index (χ0n) is 24.1. The van der Waals surface area contributed by atoms with E-state index >= 15 is 0 Å². The van der Waals surface area contributed by atoms with Gasteiger partial charge in [-0.05, 0) is 52.4 Å². The van der Waals surface area contributed by atoms with E-state index in [4.69, 9.17) is 4.74 Å². The van der Waals surface area contributed by atoms with E-state index in [1.807, 2.05) is 34.6 Å². The van der Waals surface area contributed by atoms with Crippen LogP contribution in [-0.2, 0) is 15.1 Å². The fraction of sp³-hybridized carbons (Fsp3) is 0.808. The summed E-state index contributed by atoms with van der Waals surface area (Å²) in [7, 11) is 0. The number of rotatable bonds is 11. The molecule has 0 spiro atoms. The number of nitrogens with one attached hydrogen (secondary N) is 2. The topological polar surface area (TPSA) is 129 Å². The summed E-state index contributed by atoms with van der Waals surface area (Å²) in [5.74, 6) is -5.55. The second-order valence-corrected chi connectivity index (χ2v) is 11.9. The maximum atomic E-state index is 13.5. The van der Waals surface area contributed by atoms with E-state index in [1.54, 1.807) is 16.5 Å². The van der Waals surface area contributed by atoms with E-state index < -0.39 is 35.9 Å². The second kappa shape index (κ2) is 12.5. The maximum Gasteiger partial charge on any atom is 0.444 e. The first-order chi connectivity index (χ1) is 17.8. The van der Waals surface area contributed by atoms with E-state index in [9.17, 15) is 33.0 Å². The summed E-state index contributed by atoms with van der Waals surface area (Å²) in [4.78, 5) is 28.3. The van der Waals surface area contributed by atoms with Gasteiger partial charge in [-0.25, -0.2) is 0 Å². The van der Waals surface area contributed by atoms with Gasteiger partial charge in [-0.2, -0.15) is 18.3 Å². The van der Waals surface area contributed by atoms with Crippen molar-refractivity contribution in [2.75, 3.05) is 19.9 Å². The smallest absolute Gasteiger partial charge is 0.364 e. The number of amides is 2. The molecular formula is C26H44F3N5O5. The van der Waals surface area contributed by atoms with Crippen LogP contribution in [0.25, 0.3) is 0 Å². The summed E-state index contributed by atoms with van der Waals surface area (Å²) in [5, 5.41) is 28.9. The molecule has 2 amide bonds. The van der Waals surface area contributed by atoms with Gasteiger partial charge in [0.05, 0.1) is 42.7 Å². The van der Waals surface area contributed by atoms with Gasteiger partial charge in [0, 0.05) is 12.2 Å². The predicted molar refractivity (Wildman–Crippen MR) is 139 cm³/mol. The molecule has 1 aromatic rings. The van der Waals surface area contributed by atoms with Gasteiger partial charge in [0.2, 0.25) is 5.91 Å². The quantitative estimate of drug-likeness (QED) is 0.241. The van der Waals surface area contributed by atoms with Crippen LogP contribution in [0.4, 0.5) is 13.2 Å². The molecule has 0 aromatic carbocycles. The first-order valence-corrected chi connectivity index (χ1v) is 13.3. The number of alkyl halides is 3. The lowest BCUT2D eigenvalue weighted by atomic mass is 9.95. The average molecular weight is 564 g/mol. The van der Waals surface area contributed by atoms with Gasteiger partial charge in [-0.3, -0.25) is 19.6 Å². The minimum absolute atomic E-state index is 0.0374. The normalized spacial score (nSPS) is 18.6. The van der Waals surface area contributed by atoms with Crippen molar-refractivity contribution in [3.05, 3.63) is 17.5 Å². The first-order valence-electron chi connectivity index (χ1n) is 13.3. The third kappa shape index (κ3) is 7.71. The maximum absolute atomic E-state index is 13.5. The highest BCUT2D eigenvalue weighted by molar-refractivity contribution is 5.98. The largest absolute Gasteiger partial charge is 0.444 e. The van der Waals surface area contributed by atoms with Gasteiger partial charge in [0.15, 0.2) is 0 Å². The molecule has 1 saturated heterocycles. The lowest BCUT2D eigenvalue weighted by Crippen LogP contribution is -2.62. The summed E-state index contributed by atoms with van der Waals surface area (Å²) < 4.78 is 46.6. The van der Waals surface area contributed by atoms with Gasteiger partial charge in [0.25, 0.3) is 11.7 Å². The number of nitrogens with zero attached hydrogens (tertiary/aromatic N) is 3. The monoisotopic (exact) mass is 563 g/mol. The number of hydrogen-bond acceptors (Lipinski definition) is 7. The number of carbonyl (C=O) groups is 2. The number of hydrogen-bond donors (Lipinski definition) is 4. The minimum Gasteiger partial charge on any atom is -0.364 e. The van der Waals surface area contributed by atoms with Crippen molar-refractivity contribution < 1.29 is 37.7 Å². The molecule has 13 heteroatoms. The van der Waals surface area contributed by atoms with Gasteiger partial charge in [0.1, 0.15) is 6.04 Å².